The summed E-state index contributed by atoms with van der Waals surface area (Å²) in [5, 5.41) is 8.44. The molecule has 0 saturated carbocycles. The van der Waals surface area contributed by atoms with E-state index in [2.05, 4.69) is 0 Å². The molecule has 0 heterocycles. The van der Waals surface area contributed by atoms with Gasteiger partial charge >= 0.3 is 5.97 Å². The number of hydrogen-bond acceptors (Lipinski definition) is 2. The van der Waals surface area contributed by atoms with Crippen LogP contribution < -0.4 is 0 Å². The molecule has 0 saturated heterocycles. The third kappa shape index (κ3) is 14.0. The molecule has 0 aromatic carbocycles. The van der Waals surface area contributed by atoms with Gasteiger partial charge in [-0.15, -0.1) is 0 Å². The van der Waals surface area contributed by atoms with E-state index in [0.717, 1.165) is 0 Å². The second kappa shape index (κ2) is 9.25. The van der Waals surface area contributed by atoms with Crippen LogP contribution in [0.4, 0.5) is 0 Å². The largest absolute Gasteiger partial charge is 0.481 e. The molecular formula is C9H15Cl3O3. The molecule has 1 N–H and O–H groups in total. The third-order valence-corrected chi connectivity index (χ3v) is 1.46. The lowest BCUT2D eigenvalue weighted by Crippen LogP contribution is -2.21. The molecule has 0 aliphatic heterocycles. The summed E-state index contributed by atoms with van der Waals surface area (Å²) < 4.78 is -0.750. The molecule has 0 radical (unpaired) electrons. The van der Waals surface area contributed by atoms with Gasteiger partial charge in [0.15, 0.2) is 4.30 Å². The highest BCUT2D eigenvalue weighted by Crippen LogP contribution is 2.07. The molecule has 0 fully saturated rings. The lowest BCUT2D eigenvalue weighted by atomic mass is 9.98. The van der Waals surface area contributed by atoms with E-state index in [1.807, 2.05) is 13.8 Å². The maximum absolute atomic E-state index is 11.0. The summed E-state index contributed by atoms with van der Waals surface area (Å²) in [6.07, 6.45) is 0.355. The Hall–Kier alpha value is 0.01000. The van der Waals surface area contributed by atoms with Crippen molar-refractivity contribution >= 4 is 46.6 Å². The van der Waals surface area contributed by atoms with E-state index in [4.69, 9.17) is 39.9 Å². The van der Waals surface area contributed by atoms with Crippen LogP contribution in [0.5, 0.6) is 0 Å². The van der Waals surface area contributed by atoms with Crippen molar-refractivity contribution in [2.45, 2.75) is 31.5 Å². The fourth-order valence-electron chi connectivity index (χ4n) is 0.717. The second-order valence-corrected chi connectivity index (χ2v) is 5.35. The molecule has 1 unspecified atom stereocenters. The summed E-state index contributed by atoms with van der Waals surface area (Å²) in [6, 6.07) is 0. The average Bonchev–Trinajstić information content (AvgIpc) is 2.00. The normalized spacial score (nSPS) is 12.0. The van der Waals surface area contributed by atoms with Crippen molar-refractivity contribution in [1.82, 2.24) is 0 Å². The number of carboxylic acid groups (broad SMARTS) is 1. The summed E-state index contributed by atoms with van der Waals surface area (Å²) in [6.45, 7) is 5.21. The molecule has 6 heteroatoms. The van der Waals surface area contributed by atoms with Crippen LogP contribution in [0.2, 0.25) is 0 Å². The van der Waals surface area contributed by atoms with Gasteiger partial charge < -0.3 is 5.11 Å². The van der Waals surface area contributed by atoms with Gasteiger partial charge in [-0.3, -0.25) is 9.59 Å². The van der Waals surface area contributed by atoms with Crippen molar-refractivity contribution < 1.29 is 14.7 Å². The van der Waals surface area contributed by atoms with Gasteiger partial charge in [-0.2, -0.15) is 0 Å². The van der Waals surface area contributed by atoms with Crippen LogP contribution in [0.15, 0.2) is 0 Å². The Kier molecular flexibility index (Phi) is 10.7. The van der Waals surface area contributed by atoms with Crippen LogP contribution in [0.3, 0.4) is 0 Å². The maximum Gasteiger partial charge on any atom is 0.313 e. The highest BCUT2D eigenvalue weighted by molar-refractivity contribution is 6.63. The van der Waals surface area contributed by atoms with E-state index >= 15 is 0 Å². The number of ketones is 1. The number of aliphatic carboxylic acids is 1. The molecule has 0 aliphatic rings. The Bertz CT molecular complexity index is 202. The van der Waals surface area contributed by atoms with E-state index in [1.165, 1.54) is 6.92 Å². The van der Waals surface area contributed by atoms with Gasteiger partial charge in [-0.05, 0) is 12.8 Å². The Labute approximate surface area is 105 Å². The Morgan fingerprint density at radius 1 is 1.13 bits per heavy atom. The van der Waals surface area contributed by atoms with Gasteiger partial charge in [-0.1, -0.05) is 48.7 Å². The molecule has 0 rings (SSSR count). The monoisotopic (exact) mass is 276 g/mol. The van der Waals surface area contributed by atoms with E-state index < -0.39 is 16.2 Å². The number of rotatable bonds is 4. The Morgan fingerprint density at radius 3 is 1.67 bits per heavy atom. The molecule has 90 valence electrons. The van der Waals surface area contributed by atoms with Crippen LogP contribution in [-0.2, 0) is 9.59 Å². The van der Waals surface area contributed by atoms with Gasteiger partial charge in [0.25, 0.3) is 0 Å². The van der Waals surface area contributed by atoms with Crippen molar-refractivity contribution in [2.75, 3.05) is 0 Å². The van der Waals surface area contributed by atoms with Gasteiger partial charge in [0.1, 0.15) is 11.7 Å². The predicted octanol–water partition coefficient (Wildman–Crippen LogP) is 3.31. The summed E-state index contributed by atoms with van der Waals surface area (Å²) in [4.78, 5) is 21.3. The van der Waals surface area contributed by atoms with Crippen LogP contribution in [-0.4, -0.2) is 21.2 Å². The minimum Gasteiger partial charge on any atom is -0.481 e. The molecule has 0 aliphatic carbocycles. The Morgan fingerprint density at radius 2 is 1.47 bits per heavy atom. The van der Waals surface area contributed by atoms with Crippen molar-refractivity contribution in [2.24, 2.45) is 11.8 Å². The third-order valence-electron chi connectivity index (χ3n) is 1.46. The van der Waals surface area contributed by atoms with Crippen LogP contribution in [0.25, 0.3) is 0 Å². The van der Waals surface area contributed by atoms with Crippen LogP contribution in [0.1, 0.15) is 27.2 Å². The molecule has 0 bridgehead atoms. The molecule has 15 heavy (non-hydrogen) atoms. The smallest absolute Gasteiger partial charge is 0.313 e. The highest BCUT2D eigenvalue weighted by atomic mass is 35.6. The number of carbonyl (C=O) groups is 2. The van der Waals surface area contributed by atoms with Crippen molar-refractivity contribution in [3.63, 3.8) is 0 Å². The summed E-state index contributed by atoms with van der Waals surface area (Å²) >= 11 is 14.4. The van der Waals surface area contributed by atoms with Crippen LogP contribution >= 0.6 is 34.8 Å². The summed E-state index contributed by atoms with van der Waals surface area (Å²) in [7, 11) is 0. The van der Waals surface area contributed by atoms with Gasteiger partial charge in [-0.25, -0.2) is 0 Å². The van der Waals surface area contributed by atoms with Gasteiger partial charge in [0, 0.05) is 6.42 Å². The molecule has 3 nitrogen and oxygen atoms in total. The molecule has 1 atom stereocenters. The quantitative estimate of drug-likeness (QED) is 0.633. The number of carbonyl (C=O) groups excluding carboxylic acids is 1. The zero-order valence-electron chi connectivity index (χ0n) is 8.84. The SMILES string of the molecule is CC(C)CC(=O)C(C)C(=O)O.ClC(Cl)Cl. The fraction of sp³-hybridized carbons (Fsp3) is 0.778. The molecule has 0 aromatic heterocycles. The second-order valence-electron chi connectivity index (χ2n) is 3.37. The first-order valence-corrected chi connectivity index (χ1v) is 5.67. The first-order valence-electron chi connectivity index (χ1n) is 4.36. The molecule has 0 amide bonds. The zero-order chi connectivity index (χ0) is 12.6. The van der Waals surface area contributed by atoms with Crippen molar-refractivity contribution in [3.8, 4) is 0 Å². The van der Waals surface area contributed by atoms with Gasteiger partial charge in [0.2, 0.25) is 0 Å². The van der Waals surface area contributed by atoms with Crippen molar-refractivity contribution in [3.05, 3.63) is 0 Å². The lowest BCUT2D eigenvalue weighted by Gasteiger charge is -2.06. The first kappa shape index (κ1) is 17.4. The Balaban J connectivity index is 0. The summed E-state index contributed by atoms with van der Waals surface area (Å²) in [5.41, 5.74) is 0. The summed E-state index contributed by atoms with van der Waals surface area (Å²) in [5.74, 6) is -1.83. The van der Waals surface area contributed by atoms with E-state index in [-0.39, 0.29) is 11.7 Å². The number of halogens is 3. The highest BCUT2D eigenvalue weighted by Gasteiger charge is 2.20. The van der Waals surface area contributed by atoms with E-state index in [9.17, 15) is 9.59 Å². The number of Topliss-reactive ketones (excluding diaryl/α,β-unsaturated/α-hetero) is 1. The molecule has 0 spiro atoms. The minimum absolute atomic E-state index is 0.187. The number of alkyl halides is 3. The fourth-order valence-corrected chi connectivity index (χ4v) is 0.717. The zero-order valence-corrected chi connectivity index (χ0v) is 11.1. The molecule has 0 aromatic rings. The standard InChI is InChI=1S/C8H14O3.CHCl3/c1-5(2)4-7(9)6(3)8(10)11;2-1(3)4/h5-6H,4H2,1-3H3,(H,10,11);1H. The number of hydrogen-bond donors (Lipinski definition) is 1. The predicted molar refractivity (Wildman–Crippen MR) is 62.6 cm³/mol. The topological polar surface area (TPSA) is 54.4 Å². The van der Waals surface area contributed by atoms with E-state index in [1.54, 1.807) is 0 Å². The minimum atomic E-state index is -1.03. The maximum atomic E-state index is 11.0. The van der Waals surface area contributed by atoms with Gasteiger partial charge in [0.05, 0.1) is 0 Å². The first-order chi connectivity index (χ1) is 6.68. The van der Waals surface area contributed by atoms with Crippen LogP contribution in [0, 0.1) is 11.8 Å². The van der Waals surface area contributed by atoms with E-state index in [0.29, 0.717) is 6.42 Å². The number of carboxylic acids is 1. The lowest BCUT2D eigenvalue weighted by molar-refractivity contribution is -0.145. The molecular weight excluding hydrogens is 262 g/mol. The van der Waals surface area contributed by atoms with Crippen molar-refractivity contribution in [1.29, 1.82) is 0 Å². The average molecular weight is 278 g/mol.